The number of alkyl halides is 3. The summed E-state index contributed by atoms with van der Waals surface area (Å²) in [6.07, 6.45) is -4.30. The Hall–Kier alpha value is -0.820. The van der Waals surface area contributed by atoms with Crippen molar-refractivity contribution in [2.24, 2.45) is 5.92 Å². The van der Waals surface area contributed by atoms with Crippen molar-refractivity contribution < 1.29 is 22.7 Å². The Kier molecular flexibility index (Phi) is 7.45. The van der Waals surface area contributed by atoms with E-state index in [-0.39, 0.29) is 11.9 Å². The highest BCUT2D eigenvalue weighted by molar-refractivity contribution is 8.03. The number of ether oxygens (including phenoxy) is 1. The quantitative estimate of drug-likeness (QED) is 0.420. The number of thioether (sulfide) groups is 2. The van der Waals surface area contributed by atoms with Crippen LogP contribution in [0.3, 0.4) is 0 Å². The zero-order valence-corrected chi connectivity index (χ0v) is 13.4. The van der Waals surface area contributed by atoms with Gasteiger partial charge < -0.3 is 4.74 Å². The molecule has 0 N–H and O–H groups in total. The van der Waals surface area contributed by atoms with Gasteiger partial charge in [0.05, 0.1) is 18.6 Å². The van der Waals surface area contributed by atoms with Crippen molar-refractivity contribution in [1.29, 1.82) is 0 Å². The van der Waals surface area contributed by atoms with E-state index in [0.29, 0.717) is 16.4 Å². The summed E-state index contributed by atoms with van der Waals surface area (Å²) in [4.78, 5) is 11.8. The van der Waals surface area contributed by atoms with Crippen LogP contribution in [-0.4, -0.2) is 30.3 Å². The number of rotatable bonds is 7. The molecule has 1 rings (SSSR count). The standard InChI is InChI=1S/C14H17F3O2S2/c1-10(13(18)19-2)9-20-6-7-21-12-5-3-4-11(8-12)14(15,16)17/h3-5,8,10H,6-7,9H2,1-2H3. The summed E-state index contributed by atoms with van der Waals surface area (Å²) in [7, 11) is 1.35. The predicted octanol–water partition coefficient (Wildman–Crippen LogP) is 4.34. The first-order valence-electron chi connectivity index (χ1n) is 6.30. The largest absolute Gasteiger partial charge is 0.469 e. The molecule has 118 valence electrons. The zero-order chi connectivity index (χ0) is 15.9. The minimum Gasteiger partial charge on any atom is -0.469 e. The predicted molar refractivity (Wildman–Crippen MR) is 80.7 cm³/mol. The van der Waals surface area contributed by atoms with E-state index in [4.69, 9.17) is 0 Å². The molecule has 1 unspecified atom stereocenters. The van der Waals surface area contributed by atoms with Crippen molar-refractivity contribution in [3.8, 4) is 0 Å². The van der Waals surface area contributed by atoms with Crippen LogP contribution in [0, 0.1) is 5.92 Å². The number of carbonyl (C=O) groups excluding carboxylic acids is 1. The van der Waals surface area contributed by atoms with Gasteiger partial charge in [0.25, 0.3) is 0 Å². The smallest absolute Gasteiger partial charge is 0.416 e. The molecule has 0 amide bonds. The van der Waals surface area contributed by atoms with Gasteiger partial charge in [0, 0.05) is 22.2 Å². The molecular formula is C14H17F3O2S2. The van der Waals surface area contributed by atoms with Crippen LogP contribution in [0.15, 0.2) is 29.2 Å². The third-order valence-electron chi connectivity index (χ3n) is 2.63. The van der Waals surface area contributed by atoms with Crippen LogP contribution in [0.2, 0.25) is 0 Å². The van der Waals surface area contributed by atoms with Crippen LogP contribution in [0.1, 0.15) is 12.5 Å². The highest BCUT2D eigenvalue weighted by atomic mass is 32.2. The van der Waals surface area contributed by atoms with E-state index in [9.17, 15) is 18.0 Å². The molecule has 0 aliphatic rings. The number of hydrogen-bond donors (Lipinski definition) is 0. The second kappa shape index (κ2) is 8.58. The van der Waals surface area contributed by atoms with Crippen molar-refractivity contribution in [2.75, 3.05) is 24.4 Å². The topological polar surface area (TPSA) is 26.3 Å². The molecule has 0 aliphatic heterocycles. The third kappa shape index (κ3) is 6.65. The first-order chi connectivity index (χ1) is 9.84. The van der Waals surface area contributed by atoms with Crippen molar-refractivity contribution in [1.82, 2.24) is 0 Å². The van der Waals surface area contributed by atoms with Gasteiger partial charge in [-0.25, -0.2) is 0 Å². The average molecular weight is 338 g/mol. The molecule has 1 aromatic carbocycles. The Morgan fingerprint density at radius 2 is 2.05 bits per heavy atom. The van der Waals surface area contributed by atoms with E-state index >= 15 is 0 Å². The highest BCUT2D eigenvalue weighted by Crippen LogP contribution is 2.32. The molecular weight excluding hydrogens is 321 g/mol. The van der Waals surface area contributed by atoms with Gasteiger partial charge in [0.15, 0.2) is 0 Å². The number of methoxy groups -OCH3 is 1. The Balaban J connectivity index is 2.32. The van der Waals surface area contributed by atoms with E-state index in [1.165, 1.54) is 24.9 Å². The number of esters is 1. The lowest BCUT2D eigenvalue weighted by Crippen LogP contribution is -2.15. The molecule has 0 spiro atoms. The van der Waals surface area contributed by atoms with Crippen LogP contribution >= 0.6 is 23.5 Å². The van der Waals surface area contributed by atoms with Crippen LogP contribution < -0.4 is 0 Å². The minimum atomic E-state index is -4.30. The van der Waals surface area contributed by atoms with Crippen molar-refractivity contribution in [2.45, 2.75) is 18.0 Å². The zero-order valence-electron chi connectivity index (χ0n) is 11.8. The Labute approximate surface area is 130 Å². The van der Waals surface area contributed by atoms with E-state index in [1.54, 1.807) is 24.8 Å². The molecule has 0 saturated heterocycles. The molecule has 2 nitrogen and oxygen atoms in total. The van der Waals surface area contributed by atoms with Gasteiger partial charge in [0.2, 0.25) is 0 Å². The molecule has 0 aliphatic carbocycles. The van der Waals surface area contributed by atoms with E-state index < -0.39 is 11.7 Å². The molecule has 0 radical (unpaired) electrons. The maximum Gasteiger partial charge on any atom is 0.416 e. The minimum absolute atomic E-state index is 0.168. The summed E-state index contributed by atoms with van der Waals surface area (Å²) in [5, 5.41) is 0. The lowest BCUT2D eigenvalue weighted by atomic mass is 10.2. The van der Waals surface area contributed by atoms with E-state index in [1.807, 2.05) is 0 Å². The Morgan fingerprint density at radius 3 is 2.67 bits per heavy atom. The van der Waals surface area contributed by atoms with Crippen molar-refractivity contribution in [3.05, 3.63) is 29.8 Å². The number of carbonyl (C=O) groups is 1. The summed E-state index contributed by atoms with van der Waals surface area (Å²) >= 11 is 2.97. The molecule has 0 fully saturated rings. The van der Waals surface area contributed by atoms with Crippen molar-refractivity contribution >= 4 is 29.5 Å². The number of benzene rings is 1. The Bertz CT molecular complexity index is 464. The van der Waals surface area contributed by atoms with Crippen molar-refractivity contribution in [3.63, 3.8) is 0 Å². The van der Waals surface area contributed by atoms with Gasteiger partial charge in [0.1, 0.15) is 0 Å². The maximum atomic E-state index is 12.6. The molecule has 1 atom stereocenters. The van der Waals surface area contributed by atoms with Gasteiger partial charge in [-0.15, -0.1) is 11.8 Å². The second-order valence-corrected chi connectivity index (χ2v) is 6.69. The Morgan fingerprint density at radius 1 is 1.33 bits per heavy atom. The number of halogens is 3. The van der Waals surface area contributed by atoms with Crippen LogP contribution in [-0.2, 0) is 15.7 Å². The molecule has 1 aromatic rings. The second-order valence-electron chi connectivity index (χ2n) is 4.37. The van der Waals surface area contributed by atoms with E-state index in [0.717, 1.165) is 17.9 Å². The fourth-order valence-electron chi connectivity index (χ4n) is 1.51. The van der Waals surface area contributed by atoms with Gasteiger partial charge in [-0.05, 0) is 18.2 Å². The third-order valence-corrected chi connectivity index (χ3v) is 5.11. The summed E-state index contributed by atoms with van der Waals surface area (Å²) < 4.78 is 42.3. The summed E-state index contributed by atoms with van der Waals surface area (Å²) in [5.41, 5.74) is -0.625. The molecule has 0 saturated carbocycles. The first kappa shape index (κ1) is 18.2. The monoisotopic (exact) mass is 338 g/mol. The van der Waals surface area contributed by atoms with Gasteiger partial charge in [-0.1, -0.05) is 13.0 Å². The summed E-state index contributed by atoms with van der Waals surface area (Å²) in [5.74, 6) is 1.70. The highest BCUT2D eigenvalue weighted by Gasteiger charge is 2.30. The first-order valence-corrected chi connectivity index (χ1v) is 8.44. The SMILES string of the molecule is COC(=O)C(C)CSCCSc1cccc(C(F)(F)F)c1. The maximum absolute atomic E-state index is 12.6. The number of hydrogen-bond acceptors (Lipinski definition) is 4. The lowest BCUT2D eigenvalue weighted by Gasteiger charge is -2.09. The van der Waals surface area contributed by atoms with Gasteiger partial charge in [-0.2, -0.15) is 24.9 Å². The summed E-state index contributed by atoms with van der Waals surface area (Å²) in [6, 6.07) is 5.31. The molecule has 7 heteroatoms. The fraction of sp³-hybridized carbons (Fsp3) is 0.500. The van der Waals surface area contributed by atoms with E-state index in [2.05, 4.69) is 4.74 Å². The molecule has 21 heavy (non-hydrogen) atoms. The van der Waals surface area contributed by atoms with Gasteiger partial charge in [-0.3, -0.25) is 4.79 Å². The normalized spacial score (nSPS) is 13.0. The average Bonchev–Trinajstić information content (AvgIpc) is 2.45. The van der Waals surface area contributed by atoms with Gasteiger partial charge >= 0.3 is 12.1 Å². The molecule has 0 aromatic heterocycles. The fourth-order valence-corrected chi connectivity index (χ4v) is 3.59. The van der Waals surface area contributed by atoms with Crippen LogP contribution in [0.4, 0.5) is 13.2 Å². The van der Waals surface area contributed by atoms with Crippen LogP contribution in [0.5, 0.6) is 0 Å². The summed E-state index contributed by atoms with van der Waals surface area (Å²) in [6.45, 7) is 1.79. The van der Waals surface area contributed by atoms with Crippen LogP contribution in [0.25, 0.3) is 0 Å². The lowest BCUT2D eigenvalue weighted by molar-refractivity contribution is -0.144. The molecule has 0 heterocycles. The molecule has 0 bridgehead atoms.